The van der Waals surface area contributed by atoms with E-state index in [0.717, 1.165) is 47.6 Å². The van der Waals surface area contributed by atoms with E-state index >= 15 is 0 Å². The molecule has 1 saturated carbocycles. The number of nitrogens with two attached hydrogens (primary N) is 2. The fourth-order valence-electron chi connectivity index (χ4n) is 5.50. The Morgan fingerprint density at radius 2 is 1.82 bits per heavy atom. The summed E-state index contributed by atoms with van der Waals surface area (Å²) in [5, 5.41) is 0.484. The molecule has 180 valence electrons. The van der Waals surface area contributed by atoms with E-state index in [1.165, 1.54) is 0 Å². The van der Waals surface area contributed by atoms with Gasteiger partial charge in [-0.2, -0.15) is 4.68 Å². The minimum atomic E-state index is -0.453. The van der Waals surface area contributed by atoms with E-state index in [1.807, 2.05) is 43.3 Å². The van der Waals surface area contributed by atoms with Crippen LogP contribution in [0, 0.1) is 18.3 Å². The molecular weight excluding hydrogens is 430 g/mol. The van der Waals surface area contributed by atoms with Gasteiger partial charge in [0.2, 0.25) is 0 Å². The number of anilines is 1. The number of aryl methyl sites for hydroxylation is 1. The number of para-hydroxylation sites is 1. The van der Waals surface area contributed by atoms with Gasteiger partial charge in [-0.15, -0.1) is 0 Å². The van der Waals surface area contributed by atoms with Crippen molar-refractivity contribution in [2.24, 2.45) is 17.1 Å². The van der Waals surface area contributed by atoms with Gasteiger partial charge in [0.15, 0.2) is 0 Å². The summed E-state index contributed by atoms with van der Waals surface area (Å²) in [7, 11) is 0. The van der Waals surface area contributed by atoms with Crippen molar-refractivity contribution in [3.63, 3.8) is 0 Å². The fourth-order valence-corrected chi connectivity index (χ4v) is 5.50. The van der Waals surface area contributed by atoms with E-state index in [9.17, 15) is 9.59 Å². The quantitative estimate of drug-likeness (QED) is 0.544. The molecule has 2 aliphatic rings. The second-order valence-electron chi connectivity index (χ2n) is 10.4. The van der Waals surface area contributed by atoms with Gasteiger partial charge >= 0.3 is 5.69 Å². The summed E-state index contributed by atoms with van der Waals surface area (Å²) in [5.74, 6) is 6.85. The summed E-state index contributed by atoms with van der Waals surface area (Å²) in [5.41, 5.74) is 8.39. The molecule has 0 amide bonds. The maximum Gasteiger partial charge on any atom is 0.350 e. The minimum absolute atomic E-state index is 0.0301. The maximum atomic E-state index is 12.9. The number of hydrogen-bond acceptors (Lipinski definition) is 6. The van der Waals surface area contributed by atoms with Gasteiger partial charge in [0, 0.05) is 36.8 Å². The molecule has 2 aromatic carbocycles. The first-order chi connectivity index (χ1) is 16.2. The van der Waals surface area contributed by atoms with E-state index in [4.69, 9.17) is 16.3 Å². The highest BCUT2D eigenvalue weighted by molar-refractivity contribution is 5.87. The van der Waals surface area contributed by atoms with Crippen LogP contribution in [0.4, 0.5) is 5.69 Å². The van der Waals surface area contributed by atoms with E-state index in [0.29, 0.717) is 17.5 Å². The van der Waals surface area contributed by atoms with E-state index < -0.39 is 11.2 Å². The summed E-state index contributed by atoms with van der Waals surface area (Å²) in [6.07, 6.45) is 1.85. The molecule has 4 N–H and O–H groups in total. The van der Waals surface area contributed by atoms with Crippen molar-refractivity contribution in [1.82, 2.24) is 9.24 Å². The smallest absolute Gasteiger partial charge is 0.350 e. The third kappa shape index (κ3) is 3.76. The van der Waals surface area contributed by atoms with Crippen LogP contribution in [0.5, 0.6) is 5.75 Å². The van der Waals surface area contributed by atoms with Crippen LogP contribution in [0.3, 0.4) is 0 Å². The van der Waals surface area contributed by atoms with Crippen molar-refractivity contribution in [2.75, 3.05) is 30.4 Å². The highest BCUT2D eigenvalue weighted by Crippen LogP contribution is 2.42. The molecule has 1 aliphatic heterocycles. The topological polar surface area (TPSA) is 109 Å². The van der Waals surface area contributed by atoms with Gasteiger partial charge in [-0.05, 0) is 55.0 Å². The summed E-state index contributed by atoms with van der Waals surface area (Å²) in [6.45, 7) is 8.52. The van der Waals surface area contributed by atoms with Crippen LogP contribution in [0.2, 0.25) is 0 Å². The molecule has 8 nitrogen and oxygen atoms in total. The molecule has 1 aromatic heterocycles. The molecule has 1 saturated heterocycles. The monoisotopic (exact) mass is 463 g/mol. The van der Waals surface area contributed by atoms with Gasteiger partial charge in [-0.3, -0.25) is 9.36 Å². The lowest BCUT2D eigenvalue weighted by Crippen LogP contribution is -2.44. The van der Waals surface area contributed by atoms with Crippen LogP contribution < -0.4 is 32.5 Å². The Kier molecular flexibility index (Phi) is 5.43. The number of ether oxygens (including phenoxy) is 1. The Morgan fingerprint density at radius 3 is 2.50 bits per heavy atom. The standard InChI is InChI=1S/C26H33N5O3/c1-16-22(12-11-19-23(16)30(17-9-10-17)25(33)31(28)24(19)32)29-13-20(26(2,3)15-29)21(27)14-34-18-7-5-4-6-8-18/h4-8,11-12,17,20-21H,9-10,13-15,27-28H2,1-3H3/t20?,21-/m1/s1. The molecule has 0 radical (unpaired) electrons. The molecular formula is C26H33N5O3. The third-order valence-electron chi connectivity index (χ3n) is 7.48. The lowest BCUT2D eigenvalue weighted by Gasteiger charge is -2.30. The average molecular weight is 464 g/mol. The van der Waals surface area contributed by atoms with E-state index in [-0.39, 0.29) is 23.4 Å². The van der Waals surface area contributed by atoms with Crippen LogP contribution >= 0.6 is 0 Å². The summed E-state index contributed by atoms with van der Waals surface area (Å²) in [6, 6.07) is 13.5. The van der Waals surface area contributed by atoms with E-state index in [2.05, 4.69) is 18.7 Å². The molecule has 2 heterocycles. The van der Waals surface area contributed by atoms with Crippen LogP contribution in [0.25, 0.3) is 10.9 Å². The van der Waals surface area contributed by atoms with E-state index in [1.54, 1.807) is 10.6 Å². The highest BCUT2D eigenvalue weighted by Gasteiger charge is 2.43. The third-order valence-corrected chi connectivity index (χ3v) is 7.48. The zero-order valence-corrected chi connectivity index (χ0v) is 20.0. The summed E-state index contributed by atoms with van der Waals surface area (Å²) in [4.78, 5) is 27.9. The molecule has 3 aromatic rings. The summed E-state index contributed by atoms with van der Waals surface area (Å²) < 4.78 is 8.40. The van der Waals surface area contributed by atoms with Crippen LogP contribution in [-0.4, -0.2) is 35.0 Å². The normalized spacial score (nSPS) is 20.6. The maximum absolute atomic E-state index is 12.9. The van der Waals surface area contributed by atoms with Crippen molar-refractivity contribution in [3.05, 3.63) is 68.9 Å². The van der Waals surface area contributed by atoms with Crippen molar-refractivity contribution in [1.29, 1.82) is 0 Å². The minimum Gasteiger partial charge on any atom is -0.492 e. The molecule has 34 heavy (non-hydrogen) atoms. The molecule has 2 atom stereocenters. The summed E-state index contributed by atoms with van der Waals surface area (Å²) >= 11 is 0. The number of hydrogen-bond donors (Lipinski definition) is 2. The lowest BCUT2D eigenvalue weighted by molar-refractivity contribution is 0.185. The number of rotatable bonds is 6. The highest BCUT2D eigenvalue weighted by atomic mass is 16.5. The van der Waals surface area contributed by atoms with Gasteiger partial charge in [0.25, 0.3) is 5.56 Å². The molecule has 0 spiro atoms. The Morgan fingerprint density at radius 1 is 1.12 bits per heavy atom. The second-order valence-corrected chi connectivity index (χ2v) is 10.4. The zero-order chi connectivity index (χ0) is 24.2. The Labute approximate surface area is 198 Å². The first kappa shape index (κ1) is 22.5. The van der Waals surface area contributed by atoms with Crippen molar-refractivity contribution in [2.45, 2.75) is 45.7 Å². The number of nitrogens with zero attached hydrogens (tertiary/aromatic N) is 3. The Bertz CT molecular complexity index is 1340. The van der Waals surface area contributed by atoms with Crippen molar-refractivity contribution >= 4 is 16.6 Å². The molecule has 5 rings (SSSR count). The number of fused-ring (bicyclic) bond motifs is 1. The van der Waals surface area contributed by atoms with Gasteiger partial charge in [-0.25, -0.2) is 4.79 Å². The number of nitrogen functional groups attached to an aromatic ring is 1. The predicted molar refractivity (Wildman–Crippen MR) is 135 cm³/mol. The SMILES string of the molecule is Cc1c(N2CC([C@H](N)COc3ccccc3)C(C)(C)C2)ccc2c(=O)n(N)c(=O)n(C3CC3)c12. The first-order valence-electron chi connectivity index (χ1n) is 11.9. The fraction of sp³-hybridized carbons (Fsp3) is 0.462. The molecule has 8 heteroatoms. The number of benzene rings is 2. The average Bonchev–Trinajstić information content (AvgIpc) is 3.60. The van der Waals surface area contributed by atoms with Crippen molar-refractivity contribution in [3.8, 4) is 5.75 Å². The molecule has 1 unspecified atom stereocenters. The Balaban J connectivity index is 1.47. The second kappa shape index (κ2) is 8.20. The van der Waals surface area contributed by atoms with Crippen LogP contribution in [0.15, 0.2) is 52.1 Å². The van der Waals surface area contributed by atoms with Gasteiger partial charge in [-0.1, -0.05) is 32.0 Å². The first-order valence-corrected chi connectivity index (χ1v) is 11.9. The zero-order valence-electron chi connectivity index (χ0n) is 20.0. The predicted octanol–water partition coefficient (Wildman–Crippen LogP) is 2.39. The van der Waals surface area contributed by atoms with Crippen LogP contribution in [0.1, 0.15) is 38.3 Å². The van der Waals surface area contributed by atoms with Crippen molar-refractivity contribution < 1.29 is 4.74 Å². The van der Waals surface area contributed by atoms with Gasteiger partial charge in [0.05, 0.1) is 10.9 Å². The van der Waals surface area contributed by atoms with Gasteiger partial charge < -0.3 is 21.2 Å². The van der Waals surface area contributed by atoms with Crippen LogP contribution in [-0.2, 0) is 0 Å². The molecule has 1 aliphatic carbocycles. The number of aromatic nitrogens is 2. The lowest BCUT2D eigenvalue weighted by atomic mass is 9.78. The largest absolute Gasteiger partial charge is 0.492 e. The Hall–Kier alpha value is -3.26. The molecule has 0 bridgehead atoms. The van der Waals surface area contributed by atoms with Gasteiger partial charge in [0.1, 0.15) is 12.4 Å². The molecule has 2 fully saturated rings.